The van der Waals surface area contributed by atoms with Gasteiger partial charge in [0.1, 0.15) is 0 Å². The van der Waals surface area contributed by atoms with Crippen molar-refractivity contribution in [3.8, 4) is 0 Å². The monoisotopic (exact) mass is 153 g/mol. The van der Waals surface area contributed by atoms with Crippen molar-refractivity contribution < 1.29 is 4.79 Å². The lowest BCUT2D eigenvalue weighted by Crippen LogP contribution is -2.39. The second-order valence-electron chi connectivity index (χ2n) is 3.39. The summed E-state index contributed by atoms with van der Waals surface area (Å²) in [6, 6.07) is 0. The van der Waals surface area contributed by atoms with Crippen LogP contribution in [-0.4, -0.2) is 17.4 Å². The average Bonchev–Trinajstić information content (AvgIpc) is 1.97. The van der Waals surface area contributed by atoms with Crippen LogP contribution in [0.1, 0.15) is 20.3 Å². The maximum Gasteiger partial charge on any atom is 0.226 e. The van der Waals surface area contributed by atoms with Gasteiger partial charge in [0.05, 0.1) is 0 Å². The summed E-state index contributed by atoms with van der Waals surface area (Å²) >= 11 is 0. The van der Waals surface area contributed by atoms with E-state index in [1.165, 1.54) is 0 Å². The summed E-state index contributed by atoms with van der Waals surface area (Å²) in [6.45, 7) is 8.74. The molecule has 2 heteroatoms. The first-order chi connectivity index (χ1) is 5.15. The minimum absolute atomic E-state index is 0.214. The molecule has 1 saturated heterocycles. The van der Waals surface area contributed by atoms with Gasteiger partial charge in [-0.2, -0.15) is 0 Å². The second kappa shape index (κ2) is 3.07. The molecule has 0 aromatic heterocycles. The first-order valence-corrected chi connectivity index (χ1v) is 4.07. The third kappa shape index (κ3) is 1.62. The molecule has 1 aliphatic rings. The van der Waals surface area contributed by atoms with Gasteiger partial charge in [-0.3, -0.25) is 4.79 Å². The highest BCUT2D eigenvalue weighted by Crippen LogP contribution is 2.23. The van der Waals surface area contributed by atoms with Gasteiger partial charge >= 0.3 is 0 Å². The van der Waals surface area contributed by atoms with Gasteiger partial charge in [-0.25, -0.2) is 0 Å². The standard InChI is InChI=1S/C9H15NO/c1-4-10-6-8(3)7(2)5-9(10)11/h4,7-8H,1,5-6H2,2-3H3. The van der Waals surface area contributed by atoms with Crippen LogP contribution in [0.15, 0.2) is 12.8 Å². The predicted octanol–water partition coefficient (Wildman–Crippen LogP) is 1.63. The van der Waals surface area contributed by atoms with E-state index in [0.717, 1.165) is 6.54 Å². The summed E-state index contributed by atoms with van der Waals surface area (Å²) in [5.41, 5.74) is 0. The highest BCUT2D eigenvalue weighted by Gasteiger charge is 2.26. The van der Waals surface area contributed by atoms with Crippen molar-refractivity contribution in [3.63, 3.8) is 0 Å². The lowest BCUT2D eigenvalue weighted by Gasteiger charge is -2.32. The third-order valence-corrected chi connectivity index (χ3v) is 2.49. The van der Waals surface area contributed by atoms with Gasteiger partial charge in [0.25, 0.3) is 0 Å². The zero-order chi connectivity index (χ0) is 8.43. The van der Waals surface area contributed by atoms with Crippen molar-refractivity contribution in [3.05, 3.63) is 12.8 Å². The summed E-state index contributed by atoms with van der Waals surface area (Å²) < 4.78 is 0. The molecule has 11 heavy (non-hydrogen) atoms. The molecule has 0 radical (unpaired) electrons. The molecule has 0 N–H and O–H groups in total. The number of piperidine rings is 1. The first-order valence-electron chi connectivity index (χ1n) is 4.07. The Morgan fingerprint density at radius 3 is 2.73 bits per heavy atom. The Kier molecular flexibility index (Phi) is 2.32. The van der Waals surface area contributed by atoms with Gasteiger partial charge in [0.15, 0.2) is 0 Å². The van der Waals surface area contributed by atoms with Crippen LogP contribution in [0, 0.1) is 11.8 Å². The number of likely N-dealkylation sites (tertiary alicyclic amines) is 1. The van der Waals surface area contributed by atoms with Gasteiger partial charge < -0.3 is 4.90 Å². The van der Waals surface area contributed by atoms with Crippen LogP contribution in [0.4, 0.5) is 0 Å². The number of nitrogens with zero attached hydrogens (tertiary/aromatic N) is 1. The topological polar surface area (TPSA) is 20.3 Å². The Labute approximate surface area is 67.9 Å². The average molecular weight is 153 g/mol. The molecule has 1 rings (SSSR count). The van der Waals surface area contributed by atoms with E-state index < -0.39 is 0 Å². The summed E-state index contributed by atoms with van der Waals surface area (Å²) in [5.74, 6) is 1.34. The molecule has 1 heterocycles. The van der Waals surface area contributed by atoms with E-state index in [4.69, 9.17) is 0 Å². The molecular formula is C9H15NO. The molecule has 1 aliphatic heterocycles. The molecule has 1 fully saturated rings. The fourth-order valence-corrected chi connectivity index (χ4v) is 1.36. The maximum absolute atomic E-state index is 11.2. The number of hydrogen-bond donors (Lipinski definition) is 0. The van der Waals surface area contributed by atoms with Crippen molar-refractivity contribution in [1.29, 1.82) is 0 Å². The van der Waals surface area contributed by atoms with Crippen molar-refractivity contribution in [2.45, 2.75) is 20.3 Å². The van der Waals surface area contributed by atoms with E-state index in [1.54, 1.807) is 11.1 Å². The first kappa shape index (κ1) is 8.31. The minimum Gasteiger partial charge on any atom is -0.319 e. The van der Waals surface area contributed by atoms with Gasteiger partial charge in [0, 0.05) is 13.0 Å². The van der Waals surface area contributed by atoms with Gasteiger partial charge in [-0.05, 0) is 18.0 Å². The molecule has 0 bridgehead atoms. The molecule has 2 nitrogen and oxygen atoms in total. The van der Waals surface area contributed by atoms with E-state index >= 15 is 0 Å². The third-order valence-electron chi connectivity index (χ3n) is 2.49. The van der Waals surface area contributed by atoms with Crippen LogP contribution < -0.4 is 0 Å². The Morgan fingerprint density at radius 1 is 1.55 bits per heavy atom. The summed E-state index contributed by atoms with van der Waals surface area (Å²) in [4.78, 5) is 12.9. The molecule has 2 unspecified atom stereocenters. The fourth-order valence-electron chi connectivity index (χ4n) is 1.36. The molecule has 0 saturated carbocycles. The maximum atomic E-state index is 11.2. The van der Waals surface area contributed by atoms with Crippen molar-refractivity contribution in [2.75, 3.05) is 6.54 Å². The van der Waals surface area contributed by atoms with Gasteiger partial charge in [-0.15, -0.1) is 0 Å². The van der Waals surface area contributed by atoms with Crippen molar-refractivity contribution >= 4 is 5.91 Å². The highest BCUT2D eigenvalue weighted by molar-refractivity contribution is 5.78. The Bertz CT molecular complexity index is 176. The Balaban J connectivity index is 2.61. The number of carbonyl (C=O) groups excluding carboxylic acids is 1. The van der Waals surface area contributed by atoms with Crippen molar-refractivity contribution in [2.24, 2.45) is 11.8 Å². The summed E-state index contributed by atoms with van der Waals surface area (Å²) in [5, 5.41) is 0. The lowest BCUT2D eigenvalue weighted by atomic mass is 9.88. The predicted molar refractivity (Wildman–Crippen MR) is 44.9 cm³/mol. The normalized spacial score (nSPS) is 32.2. The number of hydrogen-bond acceptors (Lipinski definition) is 1. The molecule has 0 aromatic carbocycles. The molecule has 0 aromatic rings. The van der Waals surface area contributed by atoms with Gasteiger partial charge in [0.2, 0.25) is 5.91 Å². The van der Waals surface area contributed by atoms with E-state index in [-0.39, 0.29) is 5.91 Å². The molecule has 0 aliphatic carbocycles. The number of rotatable bonds is 1. The molecule has 1 amide bonds. The van der Waals surface area contributed by atoms with Crippen LogP contribution in [0.5, 0.6) is 0 Å². The summed E-state index contributed by atoms with van der Waals surface area (Å²) in [7, 11) is 0. The highest BCUT2D eigenvalue weighted by atomic mass is 16.2. The summed E-state index contributed by atoms with van der Waals surface area (Å²) in [6.07, 6.45) is 2.30. The number of carbonyl (C=O) groups is 1. The van der Waals surface area contributed by atoms with Crippen molar-refractivity contribution in [1.82, 2.24) is 4.90 Å². The zero-order valence-corrected chi connectivity index (χ0v) is 7.21. The molecule has 2 atom stereocenters. The quantitative estimate of drug-likeness (QED) is 0.560. The van der Waals surface area contributed by atoms with Crippen LogP contribution in [0.25, 0.3) is 0 Å². The Hall–Kier alpha value is -0.790. The zero-order valence-electron chi connectivity index (χ0n) is 7.21. The Morgan fingerprint density at radius 2 is 2.18 bits per heavy atom. The van der Waals surface area contributed by atoms with Crippen LogP contribution in [0.3, 0.4) is 0 Å². The van der Waals surface area contributed by atoms with E-state index in [9.17, 15) is 4.79 Å². The van der Waals surface area contributed by atoms with Crippen LogP contribution in [-0.2, 0) is 4.79 Å². The van der Waals surface area contributed by atoms with Crippen LogP contribution >= 0.6 is 0 Å². The minimum atomic E-state index is 0.214. The van der Waals surface area contributed by atoms with Crippen LogP contribution in [0.2, 0.25) is 0 Å². The molecular weight excluding hydrogens is 138 g/mol. The van der Waals surface area contributed by atoms with Gasteiger partial charge in [-0.1, -0.05) is 20.4 Å². The fraction of sp³-hybridized carbons (Fsp3) is 0.667. The molecule has 62 valence electrons. The second-order valence-corrected chi connectivity index (χ2v) is 3.39. The largest absolute Gasteiger partial charge is 0.319 e. The van der Waals surface area contributed by atoms with E-state index in [2.05, 4.69) is 20.4 Å². The van der Waals surface area contributed by atoms with E-state index in [1.807, 2.05) is 0 Å². The lowest BCUT2D eigenvalue weighted by molar-refractivity contribution is -0.133. The molecule has 0 spiro atoms. The SMILES string of the molecule is C=CN1CC(C)C(C)CC1=O. The van der Waals surface area contributed by atoms with E-state index in [0.29, 0.717) is 18.3 Å². The smallest absolute Gasteiger partial charge is 0.226 e. The number of amides is 1.